The van der Waals surface area contributed by atoms with Gasteiger partial charge in [-0.25, -0.2) is 4.39 Å². The molecule has 2 amide bonds. The SMILES string of the molecule is Cc1cc(CC(=O)N2CCCC2C(=O)NCc2ccc(Cl)cc2F)on1. The van der Waals surface area contributed by atoms with E-state index in [0.29, 0.717) is 35.0 Å². The zero-order chi connectivity index (χ0) is 18.7. The van der Waals surface area contributed by atoms with E-state index >= 15 is 0 Å². The molecule has 3 rings (SSSR count). The van der Waals surface area contributed by atoms with Crippen LogP contribution in [0.2, 0.25) is 5.02 Å². The number of amides is 2. The predicted octanol–water partition coefficient (Wildman–Crippen LogP) is 2.63. The van der Waals surface area contributed by atoms with Crippen molar-refractivity contribution in [1.82, 2.24) is 15.4 Å². The lowest BCUT2D eigenvalue weighted by Gasteiger charge is -2.23. The highest BCUT2D eigenvalue weighted by molar-refractivity contribution is 6.30. The summed E-state index contributed by atoms with van der Waals surface area (Å²) < 4.78 is 18.9. The van der Waals surface area contributed by atoms with E-state index in [1.54, 1.807) is 24.0 Å². The Morgan fingerprint density at radius 3 is 2.92 bits per heavy atom. The fourth-order valence-electron chi connectivity index (χ4n) is 3.05. The number of aromatic nitrogens is 1. The molecule has 1 aromatic heterocycles. The van der Waals surface area contributed by atoms with E-state index < -0.39 is 11.9 Å². The molecule has 0 bridgehead atoms. The third-order valence-corrected chi connectivity index (χ3v) is 4.58. The van der Waals surface area contributed by atoms with Gasteiger partial charge in [-0.3, -0.25) is 9.59 Å². The average molecular weight is 380 g/mol. The third kappa shape index (κ3) is 4.22. The van der Waals surface area contributed by atoms with Gasteiger partial charge in [0, 0.05) is 29.7 Å². The van der Waals surface area contributed by atoms with Crippen LogP contribution < -0.4 is 5.32 Å². The van der Waals surface area contributed by atoms with E-state index in [1.165, 1.54) is 12.1 Å². The Morgan fingerprint density at radius 2 is 2.23 bits per heavy atom. The molecular weight excluding hydrogens is 361 g/mol. The number of rotatable bonds is 5. The first-order valence-corrected chi connectivity index (χ1v) is 8.75. The molecular formula is C18H19ClFN3O3. The van der Waals surface area contributed by atoms with Gasteiger partial charge in [0.1, 0.15) is 17.6 Å². The number of aryl methyl sites for hydroxylation is 1. The van der Waals surface area contributed by atoms with Crippen LogP contribution in [0, 0.1) is 12.7 Å². The zero-order valence-electron chi connectivity index (χ0n) is 14.3. The molecule has 26 heavy (non-hydrogen) atoms. The number of carbonyl (C=O) groups is 2. The average Bonchev–Trinajstić information content (AvgIpc) is 3.23. The number of hydrogen-bond donors (Lipinski definition) is 1. The van der Waals surface area contributed by atoms with Gasteiger partial charge in [-0.05, 0) is 31.9 Å². The summed E-state index contributed by atoms with van der Waals surface area (Å²) in [5.74, 6) is -0.477. The standard InChI is InChI=1S/C18H19ClFN3O3/c1-11-7-14(26-22-11)9-17(24)23-6-2-3-16(23)18(25)21-10-12-4-5-13(19)8-15(12)20/h4-5,7-8,16H,2-3,6,9-10H2,1H3,(H,21,25). The first kappa shape index (κ1) is 18.4. The Kier molecular flexibility index (Phi) is 5.56. The summed E-state index contributed by atoms with van der Waals surface area (Å²) in [4.78, 5) is 26.5. The van der Waals surface area contributed by atoms with Crippen molar-refractivity contribution in [2.75, 3.05) is 6.54 Å². The number of nitrogens with zero attached hydrogens (tertiary/aromatic N) is 2. The van der Waals surface area contributed by atoms with Crippen molar-refractivity contribution in [1.29, 1.82) is 0 Å². The topological polar surface area (TPSA) is 75.4 Å². The number of benzene rings is 1. The highest BCUT2D eigenvalue weighted by atomic mass is 35.5. The predicted molar refractivity (Wildman–Crippen MR) is 92.9 cm³/mol. The summed E-state index contributed by atoms with van der Waals surface area (Å²) in [6, 6.07) is 5.45. The van der Waals surface area contributed by atoms with Crippen LogP contribution in [0.4, 0.5) is 4.39 Å². The molecule has 1 aromatic carbocycles. The lowest BCUT2D eigenvalue weighted by Crippen LogP contribution is -2.46. The van der Waals surface area contributed by atoms with Crippen molar-refractivity contribution in [2.24, 2.45) is 0 Å². The molecule has 138 valence electrons. The van der Waals surface area contributed by atoms with Gasteiger partial charge in [-0.15, -0.1) is 0 Å². The maximum absolute atomic E-state index is 13.8. The van der Waals surface area contributed by atoms with Crippen molar-refractivity contribution in [3.05, 3.63) is 52.1 Å². The van der Waals surface area contributed by atoms with Gasteiger partial charge in [-0.2, -0.15) is 0 Å². The Hall–Kier alpha value is -2.41. The maximum Gasteiger partial charge on any atom is 0.243 e. The minimum atomic E-state index is -0.554. The fourth-order valence-corrected chi connectivity index (χ4v) is 3.21. The molecule has 0 saturated carbocycles. The Morgan fingerprint density at radius 1 is 1.42 bits per heavy atom. The highest BCUT2D eigenvalue weighted by Gasteiger charge is 2.34. The molecule has 0 spiro atoms. The number of likely N-dealkylation sites (tertiary alicyclic amines) is 1. The smallest absolute Gasteiger partial charge is 0.243 e. The molecule has 6 nitrogen and oxygen atoms in total. The molecule has 2 aromatic rings. The third-order valence-electron chi connectivity index (χ3n) is 4.35. The Balaban J connectivity index is 1.59. The van der Waals surface area contributed by atoms with Crippen molar-refractivity contribution in [3.8, 4) is 0 Å². The molecule has 1 unspecified atom stereocenters. The molecule has 0 radical (unpaired) electrons. The maximum atomic E-state index is 13.8. The molecule has 0 aliphatic carbocycles. The van der Waals surface area contributed by atoms with Crippen LogP contribution in [0.15, 0.2) is 28.8 Å². The number of hydrogen-bond acceptors (Lipinski definition) is 4. The van der Waals surface area contributed by atoms with Crippen LogP contribution in [0.25, 0.3) is 0 Å². The number of halogens is 2. The van der Waals surface area contributed by atoms with Crippen LogP contribution in [0.1, 0.15) is 29.9 Å². The summed E-state index contributed by atoms with van der Waals surface area (Å²) in [5.41, 5.74) is 1.05. The highest BCUT2D eigenvalue weighted by Crippen LogP contribution is 2.20. The molecule has 1 aliphatic rings. The normalized spacial score (nSPS) is 16.7. The van der Waals surface area contributed by atoms with Gasteiger partial charge in [0.25, 0.3) is 0 Å². The van der Waals surface area contributed by atoms with E-state index in [9.17, 15) is 14.0 Å². The summed E-state index contributed by atoms with van der Waals surface area (Å²) >= 11 is 5.72. The second-order valence-electron chi connectivity index (χ2n) is 6.31. The molecule has 1 atom stereocenters. The van der Waals surface area contributed by atoms with Crippen LogP contribution >= 0.6 is 11.6 Å². The Bertz CT molecular complexity index is 824. The first-order chi connectivity index (χ1) is 12.4. The van der Waals surface area contributed by atoms with Gasteiger partial charge in [-0.1, -0.05) is 22.8 Å². The summed E-state index contributed by atoms with van der Waals surface area (Å²) in [6.45, 7) is 2.33. The Labute approximate surface area is 155 Å². The van der Waals surface area contributed by atoms with Crippen molar-refractivity contribution < 1.29 is 18.5 Å². The van der Waals surface area contributed by atoms with Crippen LogP contribution in [0.5, 0.6) is 0 Å². The van der Waals surface area contributed by atoms with Gasteiger partial charge in [0.15, 0.2) is 0 Å². The van der Waals surface area contributed by atoms with Crippen molar-refractivity contribution >= 4 is 23.4 Å². The van der Waals surface area contributed by atoms with Gasteiger partial charge >= 0.3 is 0 Å². The second kappa shape index (κ2) is 7.86. The summed E-state index contributed by atoms with van der Waals surface area (Å²) in [6.07, 6.45) is 1.39. The molecule has 2 heterocycles. The van der Waals surface area contributed by atoms with Crippen LogP contribution in [-0.4, -0.2) is 34.5 Å². The monoisotopic (exact) mass is 379 g/mol. The van der Waals surface area contributed by atoms with E-state index in [0.717, 1.165) is 6.42 Å². The fraction of sp³-hybridized carbons (Fsp3) is 0.389. The minimum absolute atomic E-state index is 0.0433. The van der Waals surface area contributed by atoms with Gasteiger partial charge in [0.2, 0.25) is 11.8 Å². The quantitative estimate of drug-likeness (QED) is 0.866. The number of carbonyl (C=O) groups excluding carboxylic acids is 2. The van der Waals surface area contributed by atoms with Gasteiger partial charge < -0.3 is 14.7 Å². The lowest BCUT2D eigenvalue weighted by atomic mass is 10.1. The van der Waals surface area contributed by atoms with E-state index in [1.807, 2.05) is 0 Å². The molecule has 1 saturated heterocycles. The minimum Gasteiger partial charge on any atom is -0.361 e. The summed E-state index contributed by atoms with van der Waals surface area (Å²) in [7, 11) is 0. The van der Waals surface area contributed by atoms with E-state index in [-0.39, 0.29) is 24.8 Å². The molecule has 8 heteroatoms. The number of nitrogens with one attached hydrogen (secondary N) is 1. The lowest BCUT2D eigenvalue weighted by molar-refractivity contribution is -0.138. The zero-order valence-corrected chi connectivity index (χ0v) is 15.1. The molecule has 1 aliphatic heterocycles. The van der Waals surface area contributed by atoms with E-state index in [2.05, 4.69) is 10.5 Å². The first-order valence-electron chi connectivity index (χ1n) is 8.37. The van der Waals surface area contributed by atoms with Gasteiger partial charge in [0.05, 0.1) is 12.1 Å². The van der Waals surface area contributed by atoms with Crippen molar-refractivity contribution in [2.45, 2.75) is 38.8 Å². The van der Waals surface area contributed by atoms with E-state index in [4.69, 9.17) is 16.1 Å². The molecule has 1 fully saturated rings. The summed E-state index contributed by atoms with van der Waals surface area (Å²) in [5, 5.41) is 6.76. The largest absolute Gasteiger partial charge is 0.361 e. The molecule has 1 N–H and O–H groups in total. The van der Waals surface area contributed by atoms with Crippen LogP contribution in [0.3, 0.4) is 0 Å². The van der Waals surface area contributed by atoms with Crippen LogP contribution in [-0.2, 0) is 22.6 Å². The second-order valence-corrected chi connectivity index (χ2v) is 6.75. The van der Waals surface area contributed by atoms with Crippen molar-refractivity contribution in [3.63, 3.8) is 0 Å².